The van der Waals surface area contributed by atoms with Crippen LogP contribution in [0.25, 0.3) is 0 Å². The molecule has 0 atom stereocenters. The minimum atomic E-state index is -2.53. The highest BCUT2D eigenvalue weighted by molar-refractivity contribution is 5.56. The van der Waals surface area contributed by atoms with E-state index in [0.717, 1.165) is 0 Å². The number of rotatable bonds is 3. The SMILES string of the molecule is N#Cc1cc(OCC(F)F)ccc1N. The Morgan fingerprint density at radius 2 is 2.21 bits per heavy atom. The summed E-state index contributed by atoms with van der Waals surface area (Å²) >= 11 is 0. The standard InChI is InChI=1S/C9H8F2N2O/c10-9(11)5-14-7-1-2-8(13)6(3-7)4-12/h1-3,9H,5,13H2. The first-order chi connectivity index (χ1) is 6.63. The summed E-state index contributed by atoms with van der Waals surface area (Å²) < 4.78 is 28.2. The van der Waals surface area contributed by atoms with E-state index in [4.69, 9.17) is 15.7 Å². The average molecular weight is 198 g/mol. The van der Waals surface area contributed by atoms with E-state index in [1.807, 2.05) is 6.07 Å². The highest BCUT2D eigenvalue weighted by Gasteiger charge is 2.05. The molecule has 0 fully saturated rings. The van der Waals surface area contributed by atoms with Gasteiger partial charge in [0.25, 0.3) is 6.43 Å². The van der Waals surface area contributed by atoms with E-state index in [9.17, 15) is 8.78 Å². The van der Waals surface area contributed by atoms with Crippen LogP contribution in [-0.2, 0) is 0 Å². The Balaban J connectivity index is 2.76. The molecule has 0 aliphatic heterocycles. The first kappa shape index (κ1) is 10.3. The zero-order valence-corrected chi connectivity index (χ0v) is 7.21. The van der Waals surface area contributed by atoms with Crippen molar-refractivity contribution in [3.63, 3.8) is 0 Å². The Labute approximate surface area is 79.7 Å². The summed E-state index contributed by atoms with van der Waals surface area (Å²) in [5, 5.41) is 8.59. The van der Waals surface area contributed by atoms with Gasteiger partial charge in [-0.2, -0.15) is 5.26 Å². The lowest BCUT2D eigenvalue weighted by Gasteiger charge is -2.06. The summed E-state index contributed by atoms with van der Waals surface area (Å²) in [6.45, 7) is -0.686. The van der Waals surface area contributed by atoms with Gasteiger partial charge in [-0.25, -0.2) is 8.78 Å². The van der Waals surface area contributed by atoms with Gasteiger partial charge < -0.3 is 10.5 Å². The summed E-state index contributed by atoms with van der Waals surface area (Å²) in [5.41, 5.74) is 5.95. The van der Waals surface area contributed by atoms with E-state index < -0.39 is 13.0 Å². The number of nitrogen functional groups attached to an aromatic ring is 1. The molecular weight excluding hydrogens is 190 g/mol. The maximum absolute atomic E-state index is 11.8. The van der Waals surface area contributed by atoms with Crippen molar-refractivity contribution in [1.29, 1.82) is 5.26 Å². The van der Waals surface area contributed by atoms with Crippen LogP contribution in [0.2, 0.25) is 0 Å². The number of alkyl halides is 2. The van der Waals surface area contributed by atoms with Gasteiger partial charge in [0.05, 0.1) is 5.56 Å². The molecule has 5 heteroatoms. The number of benzene rings is 1. The largest absolute Gasteiger partial charge is 0.488 e. The summed E-state index contributed by atoms with van der Waals surface area (Å²) in [6.07, 6.45) is -2.53. The van der Waals surface area contributed by atoms with Crippen molar-refractivity contribution >= 4 is 5.69 Å². The van der Waals surface area contributed by atoms with Crippen LogP contribution in [0.4, 0.5) is 14.5 Å². The minimum absolute atomic E-state index is 0.219. The minimum Gasteiger partial charge on any atom is -0.488 e. The molecule has 0 saturated heterocycles. The number of nitrogens with zero attached hydrogens (tertiary/aromatic N) is 1. The summed E-state index contributed by atoms with van der Waals surface area (Å²) in [6, 6.07) is 6.05. The molecule has 3 nitrogen and oxygen atoms in total. The van der Waals surface area contributed by atoms with Gasteiger partial charge in [0.15, 0.2) is 0 Å². The van der Waals surface area contributed by atoms with Crippen LogP contribution < -0.4 is 10.5 Å². The van der Waals surface area contributed by atoms with Gasteiger partial charge in [-0.1, -0.05) is 0 Å². The molecule has 0 unspecified atom stereocenters. The van der Waals surface area contributed by atoms with Crippen molar-refractivity contribution in [2.45, 2.75) is 6.43 Å². The third-order valence-corrected chi connectivity index (χ3v) is 1.52. The molecule has 0 heterocycles. The second-order valence-corrected chi connectivity index (χ2v) is 2.56. The van der Waals surface area contributed by atoms with Crippen molar-refractivity contribution in [2.75, 3.05) is 12.3 Å². The molecule has 1 aromatic carbocycles. The lowest BCUT2D eigenvalue weighted by molar-refractivity contribution is 0.0819. The van der Waals surface area contributed by atoms with Crippen LogP contribution >= 0.6 is 0 Å². The number of nitriles is 1. The Hall–Kier alpha value is -1.83. The first-order valence-electron chi connectivity index (χ1n) is 3.84. The highest BCUT2D eigenvalue weighted by Crippen LogP contribution is 2.19. The zero-order valence-electron chi connectivity index (χ0n) is 7.21. The van der Waals surface area contributed by atoms with E-state index in [0.29, 0.717) is 5.69 Å². The van der Waals surface area contributed by atoms with Crippen LogP contribution in [0.1, 0.15) is 5.56 Å². The van der Waals surface area contributed by atoms with Gasteiger partial charge in [-0.3, -0.25) is 0 Å². The molecule has 1 rings (SSSR count). The third kappa shape index (κ3) is 2.59. The van der Waals surface area contributed by atoms with Gasteiger partial charge in [-0.15, -0.1) is 0 Å². The summed E-state index contributed by atoms with van der Waals surface area (Å²) in [5.74, 6) is 0.219. The van der Waals surface area contributed by atoms with Gasteiger partial charge in [0.2, 0.25) is 0 Å². The third-order valence-electron chi connectivity index (χ3n) is 1.52. The van der Waals surface area contributed by atoms with E-state index in [1.165, 1.54) is 18.2 Å². The highest BCUT2D eigenvalue weighted by atomic mass is 19.3. The van der Waals surface area contributed by atoms with Crippen molar-refractivity contribution in [2.24, 2.45) is 0 Å². The molecule has 0 aromatic heterocycles. The van der Waals surface area contributed by atoms with Crippen molar-refractivity contribution in [1.82, 2.24) is 0 Å². The molecule has 0 amide bonds. The lowest BCUT2D eigenvalue weighted by Crippen LogP contribution is -2.07. The Kier molecular flexibility index (Phi) is 3.24. The molecule has 0 aliphatic carbocycles. The quantitative estimate of drug-likeness (QED) is 0.753. The molecule has 0 saturated carbocycles. The fourth-order valence-electron chi connectivity index (χ4n) is 0.881. The Bertz CT molecular complexity index is 360. The smallest absolute Gasteiger partial charge is 0.272 e. The van der Waals surface area contributed by atoms with Gasteiger partial charge >= 0.3 is 0 Å². The van der Waals surface area contributed by atoms with Gasteiger partial charge in [0, 0.05) is 5.69 Å². The number of hydrogen-bond acceptors (Lipinski definition) is 3. The number of nitrogens with two attached hydrogens (primary N) is 1. The van der Waals surface area contributed by atoms with Crippen LogP contribution in [0.5, 0.6) is 5.75 Å². The Morgan fingerprint density at radius 1 is 1.50 bits per heavy atom. The molecule has 0 spiro atoms. The molecule has 1 aromatic rings. The monoisotopic (exact) mass is 198 g/mol. The van der Waals surface area contributed by atoms with Crippen molar-refractivity contribution in [3.05, 3.63) is 23.8 Å². The van der Waals surface area contributed by atoms with Crippen molar-refractivity contribution < 1.29 is 13.5 Å². The topological polar surface area (TPSA) is 59.0 Å². The maximum Gasteiger partial charge on any atom is 0.272 e. The number of ether oxygens (including phenoxy) is 1. The van der Waals surface area contributed by atoms with Gasteiger partial charge in [-0.05, 0) is 18.2 Å². The van der Waals surface area contributed by atoms with E-state index >= 15 is 0 Å². The molecule has 0 radical (unpaired) electrons. The fourth-order valence-corrected chi connectivity index (χ4v) is 0.881. The normalized spacial score (nSPS) is 9.86. The lowest BCUT2D eigenvalue weighted by atomic mass is 10.2. The van der Waals surface area contributed by atoms with Gasteiger partial charge in [0.1, 0.15) is 18.4 Å². The van der Waals surface area contributed by atoms with E-state index in [2.05, 4.69) is 0 Å². The predicted octanol–water partition coefficient (Wildman–Crippen LogP) is 1.78. The van der Waals surface area contributed by atoms with E-state index in [-0.39, 0.29) is 11.3 Å². The molecule has 0 aliphatic rings. The number of hydrogen-bond donors (Lipinski definition) is 1. The van der Waals surface area contributed by atoms with Crippen LogP contribution in [0.3, 0.4) is 0 Å². The molecule has 14 heavy (non-hydrogen) atoms. The first-order valence-corrected chi connectivity index (χ1v) is 3.84. The van der Waals surface area contributed by atoms with Crippen LogP contribution in [-0.4, -0.2) is 13.0 Å². The molecule has 2 N–H and O–H groups in total. The van der Waals surface area contributed by atoms with E-state index in [1.54, 1.807) is 0 Å². The summed E-state index contributed by atoms with van der Waals surface area (Å²) in [7, 11) is 0. The molecule has 74 valence electrons. The molecular formula is C9H8F2N2O. The fraction of sp³-hybridized carbons (Fsp3) is 0.222. The zero-order chi connectivity index (χ0) is 10.6. The van der Waals surface area contributed by atoms with Crippen LogP contribution in [0.15, 0.2) is 18.2 Å². The van der Waals surface area contributed by atoms with Crippen molar-refractivity contribution in [3.8, 4) is 11.8 Å². The maximum atomic E-state index is 11.8. The average Bonchev–Trinajstić information content (AvgIpc) is 2.16. The summed E-state index contributed by atoms with van der Waals surface area (Å²) in [4.78, 5) is 0. The van der Waals surface area contributed by atoms with Crippen LogP contribution in [0, 0.1) is 11.3 Å². The second-order valence-electron chi connectivity index (χ2n) is 2.56. The second kappa shape index (κ2) is 4.42. The number of anilines is 1. The number of halogens is 2. The Morgan fingerprint density at radius 3 is 2.79 bits per heavy atom. The predicted molar refractivity (Wildman–Crippen MR) is 47.1 cm³/mol. The molecule has 0 bridgehead atoms.